The molecule has 1 aliphatic rings. The summed E-state index contributed by atoms with van der Waals surface area (Å²) in [6.07, 6.45) is 1.65. The first kappa shape index (κ1) is 14.7. The molecule has 1 N–H and O–H groups in total. The summed E-state index contributed by atoms with van der Waals surface area (Å²) in [6, 6.07) is 0. The second-order valence-corrected chi connectivity index (χ2v) is 5.74. The third-order valence-corrected chi connectivity index (χ3v) is 3.41. The van der Waals surface area contributed by atoms with E-state index in [0.29, 0.717) is 19.4 Å². The Morgan fingerprint density at radius 3 is 2.44 bits per heavy atom. The SMILES string of the molecule is CC(CCC(=O)O)CCN1C(=O)CC(C)(C)C1=O. The van der Waals surface area contributed by atoms with Crippen LogP contribution in [0.3, 0.4) is 0 Å². The fourth-order valence-corrected chi connectivity index (χ4v) is 2.12. The molecule has 1 atom stereocenters. The maximum absolute atomic E-state index is 11.9. The number of hydrogen-bond acceptors (Lipinski definition) is 3. The van der Waals surface area contributed by atoms with E-state index in [0.717, 1.165) is 0 Å². The molecule has 102 valence electrons. The third kappa shape index (κ3) is 3.55. The van der Waals surface area contributed by atoms with Gasteiger partial charge in [0, 0.05) is 19.4 Å². The summed E-state index contributed by atoms with van der Waals surface area (Å²) >= 11 is 0. The summed E-state index contributed by atoms with van der Waals surface area (Å²) in [5.74, 6) is -0.838. The van der Waals surface area contributed by atoms with Crippen molar-refractivity contribution in [3.05, 3.63) is 0 Å². The molecule has 1 saturated heterocycles. The summed E-state index contributed by atoms with van der Waals surface area (Å²) < 4.78 is 0. The van der Waals surface area contributed by atoms with Gasteiger partial charge in [0.2, 0.25) is 11.8 Å². The topological polar surface area (TPSA) is 74.7 Å². The summed E-state index contributed by atoms with van der Waals surface area (Å²) in [7, 11) is 0. The molecule has 0 aliphatic carbocycles. The predicted molar refractivity (Wildman–Crippen MR) is 65.8 cm³/mol. The predicted octanol–water partition coefficient (Wildman–Crippen LogP) is 1.66. The minimum Gasteiger partial charge on any atom is -0.481 e. The Morgan fingerprint density at radius 2 is 2.00 bits per heavy atom. The quantitative estimate of drug-likeness (QED) is 0.732. The first-order valence-corrected chi connectivity index (χ1v) is 6.30. The van der Waals surface area contributed by atoms with Crippen molar-refractivity contribution in [3.63, 3.8) is 0 Å². The molecule has 0 aromatic heterocycles. The van der Waals surface area contributed by atoms with Crippen LogP contribution in [-0.4, -0.2) is 34.3 Å². The molecule has 5 nitrogen and oxygen atoms in total. The normalized spacial score (nSPS) is 20.3. The highest BCUT2D eigenvalue weighted by Gasteiger charge is 2.44. The molecule has 1 fully saturated rings. The Morgan fingerprint density at radius 1 is 1.39 bits per heavy atom. The van der Waals surface area contributed by atoms with E-state index in [9.17, 15) is 14.4 Å². The van der Waals surface area contributed by atoms with Gasteiger partial charge in [0.25, 0.3) is 0 Å². The van der Waals surface area contributed by atoms with Gasteiger partial charge in [0.15, 0.2) is 0 Å². The van der Waals surface area contributed by atoms with Crippen molar-refractivity contribution in [2.75, 3.05) is 6.54 Å². The van der Waals surface area contributed by atoms with Crippen molar-refractivity contribution < 1.29 is 19.5 Å². The molecule has 0 radical (unpaired) electrons. The minimum absolute atomic E-state index is 0.113. The molecule has 0 spiro atoms. The van der Waals surface area contributed by atoms with Gasteiger partial charge in [-0.2, -0.15) is 0 Å². The number of carboxylic acid groups (broad SMARTS) is 1. The van der Waals surface area contributed by atoms with E-state index in [4.69, 9.17) is 5.11 Å². The largest absolute Gasteiger partial charge is 0.481 e. The lowest BCUT2D eigenvalue weighted by molar-refractivity contribution is -0.141. The Bertz CT molecular complexity index is 362. The lowest BCUT2D eigenvalue weighted by Crippen LogP contribution is -2.34. The lowest BCUT2D eigenvalue weighted by Gasteiger charge is -2.19. The van der Waals surface area contributed by atoms with Crippen LogP contribution in [-0.2, 0) is 14.4 Å². The van der Waals surface area contributed by atoms with Crippen LogP contribution in [0.15, 0.2) is 0 Å². The van der Waals surface area contributed by atoms with E-state index in [1.165, 1.54) is 4.90 Å². The molecule has 5 heteroatoms. The van der Waals surface area contributed by atoms with E-state index >= 15 is 0 Å². The Hall–Kier alpha value is -1.39. The number of rotatable bonds is 6. The van der Waals surface area contributed by atoms with Crippen LogP contribution in [0, 0.1) is 11.3 Å². The van der Waals surface area contributed by atoms with E-state index in [1.54, 1.807) is 13.8 Å². The highest BCUT2D eigenvalue weighted by atomic mass is 16.4. The number of amides is 2. The van der Waals surface area contributed by atoms with Gasteiger partial charge in [-0.3, -0.25) is 19.3 Å². The van der Waals surface area contributed by atoms with Crippen molar-refractivity contribution >= 4 is 17.8 Å². The molecule has 0 aromatic carbocycles. The van der Waals surface area contributed by atoms with Gasteiger partial charge >= 0.3 is 5.97 Å². The van der Waals surface area contributed by atoms with Crippen LogP contribution in [0.1, 0.15) is 46.5 Å². The van der Waals surface area contributed by atoms with Crippen molar-refractivity contribution in [2.24, 2.45) is 11.3 Å². The highest BCUT2D eigenvalue weighted by Crippen LogP contribution is 2.32. The first-order valence-electron chi connectivity index (χ1n) is 6.30. The fraction of sp³-hybridized carbons (Fsp3) is 0.769. The number of carbonyl (C=O) groups excluding carboxylic acids is 2. The van der Waals surface area contributed by atoms with Crippen LogP contribution in [0.5, 0.6) is 0 Å². The van der Waals surface area contributed by atoms with Crippen LogP contribution in [0.2, 0.25) is 0 Å². The van der Waals surface area contributed by atoms with Crippen LogP contribution < -0.4 is 0 Å². The second-order valence-electron chi connectivity index (χ2n) is 5.74. The molecular weight excluding hydrogens is 234 g/mol. The summed E-state index contributed by atoms with van der Waals surface area (Å²) in [5, 5.41) is 8.58. The van der Waals surface area contributed by atoms with Crippen molar-refractivity contribution in [1.82, 2.24) is 4.90 Å². The van der Waals surface area contributed by atoms with E-state index in [1.807, 2.05) is 6.92 Å². The van der Waals surface area contributed by atoms with Gasteiger partial charge in [0.05, 0.1) is 5.41 Å². The molecule has 1 unspecified atom stereocenters. The Labute approximate surface area is 107 Å². The number of hydrogen-bond donors (Lipinski definition) is 1. The highest BCUT2D eigenvalue weighted by molar-refractivity contribution is 6.05. The number of carbonyl (C=O) groups is 3. The van der Waals surface area contributed by atoms with Crippen molar-refractivity contribution in [2.45, 2.75) is 46.5 Å². The lowest BCUT2D eigenvalue weighted by atomic mass is 9.92. The molecule has 1 heterocycles. The van der Waals surface area contributed by atoms with Gasteiger partial charge < -0.3 is 5.11 Å². The molecular formula is C13H21NO4. The van der Waals surface area contributed by atoms with E-state index < -0.39 is 11.4 Å². The number of aliphatic carboxylic acids is 1. The Balaban J connectivity index is 2.42. The molecule has 0 bridgehead atoms. The molecule has 18 heavy (non-hydrogen) atoms. The van der Waals surface area contributed by atoms with Crippen LogP contribution >= 0.6 is 0 Å². The van der Waals surface area contributed by atoms with Gasteiger partial charge in [-0.1, -0.05) is 20.8 Å². The Kier molecular flexibility index (Phi) is 4.48. The van der Waals surface area contributed by atoms with Gasteiger partial charge in [-0.05, 0) is 18.8 Å². The third-order valence-electron chi connectivity index (χ3n) is 3.41. The van der Waals surface area contributed by atoms with E-state index in [2.05, 4.69) is 0 Å². The molecule has 0 aromatic rings. The average Bonchev–Trinajstić information content (AvgIpc) is 2.43. The smallest absolute Gasteiger partial charge is 0.303 e. The minimum atomic E-state index is -0.809. The molecule has 0 saturated carbocycles. The standard InChI is InChI=1S/C13H21NO4/c1-9(4-5-11(16)17)6-7-14-10(15)8-13(2,3)12(14)18/h9H,4-8H2,1-3H3,(H,16,17). The average molecular weight is 255 g/mol. The molecule has 1 aliphatic heterocycles. The van der Waals surface area contributed by atoms with Crippen molar-refractivity contribution in [3.8, 4) is 0 Å². The van der Waals surface area contributed by atoms with Crippen molar-refractivity contribution in [1.29, 1.82) is 0 Å². The number of nitrogens with zero attached hydrogens (tertiary/aromatic N) is 1. The summed E-state index contributed by atoms with van der Waals surface area (Å²) in [4.78, 5) is 35.4. The van der Waals surface area contributed by atoms with Crippen LogP contribution in [0.25, 0.3) is 0 Å². The van der Waals surface area contributed by atoms with E-state index in [-0.39, 0.29) is 30.6 Å². The maximum atomic E-state index is 11.9. The van der Waals surface area contributed by atoms with Gasteiger partial charge in [-0.15, -0.1) is 0 Å². The first-order chi connectivity index (χ1) is 8.24. The zero-order chi connectivity index (χ0) is 13.9. The number of likely N-dealkylation sites (tertiary alicyclic amines) is 1. The monoisotopic (exact) mass is 255 g/mol. The number of carboxylic acids is 1. The maximum Gasteiger partial charge on any atom is 0.303 e. The summed E-state index contributed by atoms with van der Waals surface area (Å²) in [5.41, 5.74) is -0.582. The summed E-state index contributed by atoms with van der Waals surface area (Å²) in [6.45, 7) is 5.91. The fourth-order valence-electron chi connectivity index (χ4n) is 2.12. The van der Waals surface area contributed by atoms with Gasteiger partial charge in [-0.25, -0.2) is 0 Å². The zero-order valence-electron chi connectivity index (χ0n) is 11.2. The number of imide groups is 1. The molecule has 1 rings (SSSR count). The van der Waals surface area contributed by atoms with Gasteiger partial charge in [0.1, 0.15) is 0 Å². The zero-order valence-corrected chi connectivity index (χ0v) is 11.2. The molecule has 2 amide bonds. The second kappa shape index (κ2) is 5.50. The van der Waals surface area contributed by atoms with Crippen LogP contribution in [0.4, 0.5) is 0 Å².